The second kappa shape index (κ2) is 6.25. The fourth-order valence-corrected chi connectivity index (χ4v) is 2.26. The number of ether oxygens (including phenoxy) is 1. The van der Waals surface area contributed by atoms with Gasteiger partial charge in [0.1, 0.15) is 5.02 Å². The number of alkyl halides is 1. The number of fused-ring (bicyclic) bond motifs is 1. The van der Waals surface area contributed by atoms with Crippen molar-refractivity contribution in [2.45, 2.75) is 12.8 Å². The highest BCUT2D eigenvalue weighted by Gasteiger charge is 2.12. The van der Waals surface area contributed by atoms with Gasteiger partial charge in [-0.25, -0.2) is 4.79 Å². The molecule has 0 bridgehead atoms. The number of unbranched alkanes of at least 4 members (excludes halogenated alkanes) is 1. The predicted molar refractivity (Wildman–Crippen MR) is 76.0 cm³/mol. The molecule has 0 aliphatic rings. The van der Waals surface area contributed by atoms with Crippen LogP contribution in [0, 0.1) is 0 Å². The van der Waals surface area contributed by atoms with Gasteiger partial charge >= 0.3 is 11.6 Å². The second-order valence-electron chi connectivity index (χ2n) is 3.78. The lowest BCUT2D eigenvalue weighted by Crippen LogP contribution is -2.05. The van der Waals surface area contributed by atoms with E-state index in [4.69, 9.17) is 20.8 Å². The average molecular weight is 332 g/mol. The van der Waals surface area contributed by atoms with E-state index in [1.54, 1.807) is 18.2 Å². The lowest BCUT2D eigenvalue weighted by molar-refractivity contribution is 0.229. The van der Waals surface area contributed by atoms with Crippen LogP contribution in [0.3, 0.4) is 0 Å². The molecule has 0 aliphatic heterocycles. The molecule has 1 aromatic heterocycles. The van der Waals surface area contributed by atoms with Gasteiger partial charge in [0.25, 0.3) is 0 Å². The quantitative estimate of drug-likeness (QED) is 0.614. The molecular weight excluding hydrogens is 319 g/mol. The van der Waals surface area contributed by atoms with E-state index in [2.05, 4.69) is 15.9 Å². The topological polar surface area (TPSA) is 39.4 Å². The van der Waals surface area contributed by atoms with Gasteiger partial charge in [0.15, 0.2) is 0 Å². The van der Waals surface area contributed by atoms with Crippen LogP contribution in [0.4, 0.5) is 0 Å². The van der Waals surface area contributed by atoms with Gasteiger partial charge in [-0.15, -0.1) is 0 Å². The fourth-order valence-electron chi connectivity index (χ4n) is 1.60. The molecule has 1 heterocycles. The van der Waals surface area contributed by atoms with Gasteiger partial charge in [-0.05, 0) is 18.9 Å². The van der Waals surface area contributed by atoms with Gasteiger partial charge in [-0.1, -0.05) is 45.7 Å². The first-order valence-electron chi connectivity index (χ1n) is 5.64. The summed E-state index contributed by atoms with van der Waals surface area (Å²) in [6.45, 7) is 0.479. The molecule has 96 valence electrons. The van der Waals surface area contributed by atoms with Crippen molar-refractivity contribution in [1.29, 1.82) is 0 Å². The molecule has 0 unspecified atom stereocenters. The first kappa shape index (κ1) is 13.4. The molecule has 0 saturated heterocycles. The Morgan fingerprint density at radius 1 is 1.22 bits per heavy atom. The van der Waals surface area contributed by atoms with Crippen molar-refractivity contribution in [2.75, 3.05) is 11.9 Å². The third-order valence-corrected chi connectivity index (χ3v) is 3.43. The molecule has 0 N–H and O–H groups in total. The van der Waals surface area contributed by atoms with Crippen LogP contribution in [-0.2, 0) is 0 Å². The third-order valence-electron chi connectivity index (χ3n) is 2.51. The summed E-state index contributed by atoms with van der Waals surface area (Å²) in [7, 11) is 0. The minimum absolute atomic E-state index is 0.106. The Kier molecular flexibility index (Phi) is 4.66. The van der Waals surface area contributed by atoms with Crippen LogP contribution in [0.2, 0.25) is 5.02 Å². The van der Waals surface area contributed by atoms with E-state index >= 15 is 0 Å². The standard InChI is InChI=1S/C13H12BrClO3/c14-7-3-4-8-17-13-11(15)9-5-1-2-6-10(9)12(16)18-13/h1-2,5-6H,3-4,7-8H2. The lowest BCUT2D eigenvalue weighted by atomic mass is 10.2. The Hall–Kier alpha value is -1.00. The summed E-state index contributed by atoms with van der Waals surface area (Å²) in [6, 6.07) is 7.05. The van der Waals surface area contributed by atoms with Crippen LogP contribution in [0.25, 0.3) is 10.8 Å². The van der Waals surface area contributed by atoms with Crippen LogP contribution in [-0.4, -0.2) is 11.9 Å². The molecule has 0 fully saturated rings. The van der Waals surface area contributed by atoms with Crippen molar-refractivity contribution in [3.8, 4) is 5.95 Å². The zero-order valence-corrected chi connectivity index (χ0v) is 12.0. The van der Waals surface area contributed by atoms with Crippen LogP contribution < -0.4 is 10.4 Å². The van der Waals surface area contributed by atoms with E-state index in [1.807, 2.05) is 6.07 Å². The molecule has 0 aliphatic carbocycles. The van der Waals surface area contributed by atoms with Gasteiger partial charge in [-0.2, -0.15) is 0 Å². The number of rotatable bonds is 5. The molecule has 0 amide bonds. The molecule has 0 atom stereocenters. The van der Waals surface area contributed by atoms with Gasteiger partial charge in [-0.3, -0.25) is 0 Å². The number of benzene rings is 1. The molecule has 18 heavy (non-hydrogen) atoms. The Bertz CT molecular complexity index is 594. The molecule has 0 radical (unpaired) electrons. The highest BCUT2D eigenvalue weighted by atomic mass is 79.9. The van der Waals surface area contributed by atoms with Crippen molar-refractivity contribution in [2.24, 2.45) is 0 Å². The maximum Gasteiger partial charge on any atom is 0.346 e. The third kappa shape index (κ3) is 2.87. The van der Waals surface area contributed by atoms with Crippen molar-refractivity contribution >= 4 is 38.3 Å². The van der Waals surface area contributed by atoms with Crippen molar-refractivity contribution < 1.29 is 9.15 Å². The van der Waals surface area contributed by atoms with Gasteiger partial charge < -0.3 is 9.15 Å². The van der Waals surface area contributed by atoms with Crippen LogP contribution in [0.1, 0.15) is 12.8 Å². The number of hydrogen-bond acceptors (Lipinski definition) is 3. The molecule has 1 aromatic carbocycles. The maximum atomic E-state index is 11.7. The van der Waals surface area contributed by atoms with Crippen molar-refractivity contribution in [3.63, 3.8) is 0 Å². The Morgan fingerprint density at radius 2 is 1.94 bits per heavy atom. The minimum Gasteiger partial charge on any atom is -0.464 e. The molecular formula is C13H12BrClO3. The van der Waals surface area contributed by atoms with Gasteiger partial charge in [0, 0.05) is 10.7 Å². The van der Waals surface area contributed by atoms with E-state index in [0.717, 1.165) is 18.2 Å². The normalized spacial score (nSPS) is 10.8. The molecule has 5 heteroatoms. The minimum atomic E-state index is -0.425. The Balaban J connectivity index is 2.29. The summed E-state index contributed by atoms with van der Waals surface area (Å²) in [5, 5.41) is 2.40. The second-order valence-corrected chi connectivity index (χ2v) is 4.95. The molecule has 2 rings (SSSR count). The number of halogens is 2. The van der Waals surface area contributed by atoms with Crippen molar-refractivity contribution in [1.82, 2.24) is 0 Å². The fraction of sp³-hybridized carbons (Fsp3) is 0.308. The van der Waals surface area contributed by atoms with E-state index in [1.165, 1.54) is 0 Å². The summed E-state index contributed by atoms with van der Waals surface area (Å²) >= 11 is 9.50. The summed E-state index contributed by atoms with van der Waals surface area (Å²) in [5.74, 6) is 0.106. The Labute approximate surface area is 118 Å². The summed E-state index contributed by atoms with van der Waals surface area (Å²) in [5.41, 5.74) is -0.425. The first-order chi connectivity index (χ1) is 8.74. The highest BCUT2D eigenvalue weighted by molar-refractivity contribution is 9.09. The van der Waals surface area contributed by atoms with Crippen LogP contribution in [0.5, 0.6) is 5.95 Å². The smallest absolute Gasteiger partial charge is 0.346 e. The molecule has 2 aromatic rings. The zero-order valence-electron chi connectivity index (χ0n) is 9.62. The van der Waals surface area contributed by atoms with E-state index in [0.29, 0.717) is 22.4 Å². The van der Waals surface area contributed by atoms with Crippen LogP contribution in [0.15, 0.2) is 33.5 Å². The monoisotopic (exact) mass is 330 g/mol. The first-order valence-corrected chi connectivity index (χ1v) is 7.14. The van der Waals surface area contributed by atoms with E-state index < -0.39 is 5.63 Å². The van der Waals surface area contributed by atoms with Crippen LogP contribution >= 0.6 is 27.5 Å². The SMILES string of the molecule is O=c1oc(OCCCCBr)c(Cl)c2ccccc12. The molecule has 3 nitrogen and oxygen atoms in total. The van der Waals surface area contributed by atoms with Gasteiger partial charge in [0.2, 0.25) is 0 Å². The van der Waals surface area contributed by atoms with E-state index in [-0.39, 0.29) is 5.95 Å². The summed E-state index contributed by atoms with van der Waals surface area (Å²) < 4.78 is 10.5. The van der Waals surface area contributed by atoms with Crippen molar-refractivity contribution in [3.05, 3.63) is 39.7 Å². The predicted octanol–water partition coefficient (Wildman–Crippen LogP) is 4.00. The average Bonchev–Trinajstić information content (AvgIpc) is 2.40. The Morgan fingerprint density at radius 3 is 2.67 bits per heavy atom. The van der Waals surface area contributed by atoms with E-state index in [9.17, 15) is 4.79 Å². The summed E-state index contributed by atoms with van der Waals surface area (Å²) in [4.78, 5) is 11.7. The molecule has 0 saturated carbocycles. The zero-order chi connectivity index (χ0) is 13.0. The lowest BCUT2D eigenvalue weighted by Gasteiger charge is -2.07. The summed E-state index contributed by atoms with van der Waals surface area (Å²) in [6.07, 6.45) is 1.87. The number of hydrogen-bond donors (Lipinski definition) is 0. The highest BCUT2D eigenvalue weighted by Crippen LogP contribution is 2.30. The maximum absolute atomic E-state index is 11.7. The molecule has 0 spiro atoms. The largest absolute Gasteiger partial charge is 0.464 e. The van der Waals surface area contributed by atoms with Gasteiger partial charge in [0.05, 0.1) is 12.0 Å².